The molecule has 1 amide bonds. The summed E-state index contributed by atoms with van der Waals surface area (Å²) in [5.74, 6) is -0.166. The number of carbonyl (C=O) groups excluding carboxylic acids is 1. The predicted octanol–water partition coefficient (Wildman–Crippen LogP) is -0.754. The summed E-state index contributed by atoms with van der Waals surface area (Å²) in [5, 5.41) is 23.1. The maximum atomic E-state index is 11.4. The van der Waals surface area contributed by atoms with Crippen LogP contribution in [0.15, 0.2) is 30.3 Å². The lowest BCUT2D eigenvalue weighted by atomic mass is 10.2. The molecule has 5 heteroatoms. The molecule has 1 aromatic carbocycles. The molecule has 0 fully saturated rings. The summed E-state index contributed by atoms with van der Waals surface area (Å²) in [6.45, 7) is 0.174. The highest BCUT2D eigenvalue weighted by molar-refractivity contribution is 5.78. The lowest BCUT2D eigenvalue weighted by Gasteiger charge is -2.12. The molecule has 1 rings (SSSR count). The van der Waals surface area contributed by atoms with Gasteiger partial charge in [0.1, 0.15) is 0 Å². The Morgan fingerprint density at radius 2 is 1.82 bits per heavy atom. The van der Waals surface area contributed by atoms with Gasteiger partial charge >= 0.3 is 0 Å². The van der Waals surface area contributed by atoms with E-state index in [1.54, 1.807) is 0 Å². The minimum absolute atomic E-state index is 0.0820. The molecule has 0 atom stereocenters. The Morgan fingerprint density at radius 1 is 1.18 bits per heavy atom. The zero-order valence-corrected chi connectivity index (χ0v) is 9.60. The summed E-state index contributed by atoms with van der Waals surface area (Å²) < 4.78 is 0. The maximum Gasteiger partial charge on any atom is 0.234 e. The molecule has 94 valence electrons. The second-order valence-electron chi connectivity index (χ2n) is 3.71. The Kier molecular flexibility index (Phi) is 6.24. The van der Waals surface area contributed by atoms with E-state index in [2.05, 4.69) is 10.6 Å². The second kappa shape index (κ2) is 7.78. The molecule has 0 aliphatic heterocycles. The zero-order valence-electron chi connectivity index (χ0n) is 9.60. The van der Waals surface area contributed by atoms with Crippen LogP contribution in [-0.4, -0.2) is 41.9 Å². The average molecular weight is 238 g/mol. The van der Waals surface area contributed by atoms with E-state index in [0.29, 0.717) is 6.54 Å². The first kappa shape index (κ1) is 13.6. The molecule has 17 heavy (non-hydrogen) atoms. The van der Waals surface area contributed by atoms with Gasteiger partial charge in [-0.25, -0.2) is 0 Å². The van der Waals surface area contributed by atoms with Crippen LogP contribution < -0.4 is 10.6 Å². The summed E-state index contributed by atoms with van der Waals surface area (Å²) in [4.78, 5) is 11.4. The van der Waals surface area contributed by atoms with Crippen molar-refractivity contribution >= 4 is 5.91 Å². The van der Waals surface area contributed by atoms with E-state index < -0.39 is 6.04 Å². The molecule has 0 radical (unpaired) electrons. The first-order chi connectivity index (χ1) is 8.26. The Hall–Kier alpha value is -1.43. The molecule has 0 bridgehead atoms. The lowest BCUT2D eigenvalue weighted by molar-refractivity contribution is -0.120. The van der Waals surface area contributed by atoms with Crippen molar-refractivity contribution < 1.29 is 15.0 Å². The molecule has 4 N–H and O–H groups in total. The van der Waals surface area contributed by atoms with Gasteiger partial charge in [0.2, 0.25) is 5.91 Å². The maximum absolute atomic E-state index is 11.4. The Labute approximate surface area is 100 Å². The van der Waals surface area contributed by atoms with Crippen LogP contribution >= 0.6 is 0 Å². The van der Waals surface area contributed by atoms with Crippen molar-refractivity contribution in [3.63, 3.8) is 0 Å². The van der Waals surface area contributed by atoms with Crippen molar-refractivity contribution in [2.75, 3.05) is 19.8 Å². The van der Waals surface area contributed by atoms with Crippen molar-refractivity contribution in [3.8, 4) is 0 Å². The van der Waals surface area contributed by atoms with Gasteiger partial charge in [-0.1, -0.05) is 30.3 Å². The summed E-state index contributed by atoms with van der Waals surface area (Å²) in [6, 6.07) is 9.15. The smallest absolute Gasteiger partial charge is 0.234 e. The van der Waals surface area contributed by atoms with E-state index >= 15 is 0 Å². The highest BCUT2D eigenvalue weighted by Crippen LogP contribution is 1.96. The van der Waals surface area contributed by atoms with Crippen LogP contribution in [0, 0.1) is 0 Å². The number of rotatable bonds is 7. The Bertz CT molecular complexity index is 326. The van der Waals surface area contributed by atoms with Gasteiger partial charge in [-0.2, -0.15) is 0 Å². The van der Waals surface area contributed by atoms with Gasteiger partial charge in [-0.05, 0) is 5.56 Å². The molecule has 0 saturated heterocycles. The minimum atomic E-state index is -0.447. The number of amides is 1. The van der Waals surface area contributed by atoms with Crippen LogP contribution in [0.5, 0.6) is 0 Å². The van der Waals surface area contributed by atoms with E-state index in [9.17, 15) is 4.79 Å². The average Bonchev–Trinajstić information content (AvgIpc) is 2.39. The fourth-order valence-corrected chi connectivity index (χ4v) is 1.28. The quantitative estimate of drug-likeness (QED) is 0.503. The molecule has 0 aliphatic rings. The van der Waals surface area contributed by atoms with Gasteiger partial charge < -0.3 is 20.8 Å². The van der Waals surface area contributed by atoms with Gasteiger partial charge in [0, 0.05) is 6.54 Å². The number of carbonyl (C=O) groups is 1. The zero-order chi connectivity index (χ0) is 12.5. The Morgan fingerprint density at radius 3 is 2.41 bits per heavy atom. The van der Waals surface area contributed by atoms with Crippen LogP contribution in [0.25, 0.3) is 0 Å². The molecular weight excluding hydrogens is 220 g/mol. The van der Waals surface area contributed by atoms with Crippen LogP contribution in [0.4, 0.5) is 0 Å². The van der Waals surface area contributed by atoms with E-state index in [1.165, 1.54) is 0 Å². The topological polar surface area (TPSA) is 81.6 Å². The van der Waals surface area contributed by atoms with Crippen molar-refractivity contribution in [2.24, 2.45) is 0 Å². The summed E-state index contributed by atoms with van der Waals surface area (Å²) in [7, 11) is 0. The van der Waals surface area contributed by atoms with Crippen molar-refractivity contribution in [1.29, 1.82) is 0 Å². The molecule has 1 aromatic rings. The van der Waals surface area contributed by atoms with Crippen LogP contribution in [-0.2, 0) is 11.3 Å². The van der Waals surface area contributed by atoms with Gasteiger partial charge in [-0.3, -0.25) is 4.79 Å². The molecule has 0 saturated carbocycles. The molecule has 5 nitrogen and oxygen atoms in total. The fraction of sp³-hybridized carbons (Fsp3) is 0.417. The monoisotopic (exact) mass is 238 g/mol. The number of nitrogens with one attached hydrogen (secondary N) is 2. The minimum Gasteiger partial charge on any atom is -0.395 e. The summed E-state index contributed by atoms with van der Waals surface area (Å²) in [5.41, 5.74) is 1.03. The van der Waals surface area contributed by atoms with Crippen molar-refractivity contribution in [3.05, 3.63) is 35.9 Å². The van der Waals surface area contributed by atoms with E-state index in [0.717, 1.165) is 5.56 Å². The molecule has 0 aromatic heterocycles. The molecule has 0 aliphatic carbocycles. The van der Waals surface area contributed by atoms with E-state index in [4.69, 9.17) is 10.2 Å². The van der Waals surface area contributed by atoms with Gasteiger partial charge in [0.05, 0.1) is 25.8 Å². The normalized spacial score (nSPS) is 10.5. The lowest BCUT2D eigenvalue weighted by Crippen LogP contribution is -2.42. The third-order valence-electron chi connectivity index (χ3n) is 2.32. The summed E-state index contributed by atoms with van der Waals surface area (Å²) >= 11 is 0. The second-order valence-corrected chi connectivity index (χ2v) is 3.71. The molecule has 0 spiro atoms. The van der Waals surface area contributed by atoms with Crippen molar-refractivity contribution in [1.82, 2.24) is 10.6 Å². The first-order valence-corrected chi connectivity index (χ1v) is 5.52. The fourth-order valence-electron chi connectivity index (χ4n) is 1.28. The predicted molar refractivity (Wildman–Crippen MR) is 64.3 cm³/mol. The third-order valence-corrected chi connectivity index (χ3v) is 2.32. The highest BCUT2D eigenvalue weighted by atomic mass is 16.3. The van der Waals surface area contributed by atoms with Gasteiger partial charge in [-0.15, -0.1) is 0 Å². The van der Waals surface area contributed by atoms with Gasteiger partial charge in [0.15, 0.2) is 0 Å². The van der Waals surface area contributed by atoms with E-state index in [1.807, 2.05) is 30.3 Å². The summed E-state index contributed by atoms with van der Waals surface area (Å²) in [6.07, 6.45) is 0. The first-order valence-electron chi connectivity index (χ1n) is 5.52. The highest BCUT2D eigenvalue weighted by Gasteiger charge is 2.07. The van der Waals surface area contributed by atoms with Crippen molar-refractivity contribution in [2.45, 2.75) is 12.6 Å². The molecule has 0 unspecified atom stereocenters. The standard InChI is InChI=1S/C12H18N2O3/c15-8-11(9-16)13-7-12(17)14-6-10-4-2-1-3-5-10/h1-5,11,13,15-16H,6-9H2,(H,14,17). The number of aliphatic hydroxyl groups excluding tert-OH is 2. The van der Waals surface area contributed by atoms with Crippen LogP contribution in [0.1, 0.15) is 5.56 Å². The number of aliphatic hydroxyl groups is 2. The van der Waals surface area contributed by atoms with E-state index in [-0.39, 0.29) is 25.7 Å². The SMILES string of the molecule is O=C(CNC(CO)CO)NCc1ccccc1. The van der Waals surface area contributed by atoms with Crippen LogP contribution in [0.2, 0.25) is 0 Å². The molecular formula is C12H18N2O3. The number of hydrogen-bond acceptors (Lipinski definition) is 4. The Balaban J connectivity index is 2.22. The largest absolute Gasteiger partial charge is 0.395 e. The number of benzene rings is 1. The third kappa shape index (κ3) is 5.44. The molecule has 0 heterocycles. The van der Waals surface area contributed by atoms with Crippen LogP contribution in [0.3, 0.4) is 0 Å². The van der Waals surface area contributed by atoms with Gasteiger partial charge in [0.25, 0.3) is 0 Å². The number of hydrogen-bond donors (Lipinski definition) is 4.